The summed E-state index contributed by atoms with van der Waals surface area (Å²) in [6.45, 7) is 3.10. The van der Waals surface area contributed by atoms with Gasteiger partial charge in [-0.3, -0.25) is 38.4 Å². The third kappa shape index (κ3) is 13.1. The summed E-state index contributed by atoms with van der Waals surface area (Å²) in [6.07, 6.45) is 0.930. The number of nitrogens with zero attached hydrogens (tertiary/aromatic N) is 1. The summed E-state index contributed by atoms with van der Waals surface area (Å²) >= 11 is 0. The summed E-state index contributed by atoms with van der Waals surface area (Å²) in [7, 11) is 0. The number of benzene rings is 1. The number of H-pyrrole nitrogens is 1. The van der Waals surface area contributed by atoms with Gasteiger partial charge in [0.05, 0.1) is 19.2 Å². The molecular weight excluding hydrogens is 698 g/mol. The summed E-state index contributed by atoms with van der Waals surface area (Å²) in [6, 6.07) is -0.201. The number of amides is 7. The molecule has 7 amide bonds. The molecule has 3 rings (SSSR count). The predicted molar refractivity (Wildman–Crippen MR) is 182 cm³/mol. The summed E-state index contributed by atoms with van der Waals surface area (Å²) in [5, 5.41) is 33.4. The Bertz CT molecular complexity index is 1670. The molecule has 0 radical (unpaired) electrons. The molecule has 0 bridgehead atoms. The van der Waals surface area contributed by atoms with Gasteiger partial charge in [-0.2, -0.15) is 0 Å². The molecule has 20 nitrogen and oxygen atoms in total. The van der Waals surface area contributed by atoms with Gasteiger partial charge in [0.1, 0.15) is 36.3 Å². The van der Waals surface area contributed by atoms with Crippen molar-refractivity contribution in [3.63, 3.8) is 0 Å². The molecule has 20 heteroatoms. The monoisotopic (exact) mass is 741 g/mol. The molecule has 2 heterocycles. The molecule has 6 unspecified atom stereocenters. The van der Waals surface area contributed by atoms with Crippen LogP contribution in [0.15, 0.2) is 42.9 Å². The Morgan fingerprint density at radius 3 is 1.96 bits per heavy atom. The van der Waals surface area contributed by atoms with Crippen molar-refractivity contribution in [2.45, 2.75) is 88.6 Å². The van der Waals surface area contributed by atoms with Crippen LogP contribution in [0.3, 0.4) is 0 Å². The van der Waals surface area contributed by atoms with Gasteiger partial charge < -0.3 is 52.8 Å². The van der Waals surface area contributed by atoms with E-state index >= 15 is 0 Å². The van der Waals surface area contributed by atoms with Gasteiger partial charge in [0, 0.05) is 31.2 Å². The van der Waals surface area contributed by atoms with Crippen molar-refractivity contribution in [2.75, 3.05) is 0 Å². The molecule has 0 spiro atoms. The molecule has 0 aliphatic carbocycles. The van der Waals surface area contributed by atoms with Crippen molar-refractivity contribution < 1.29 is 53.4 Å². The Morgan fingerprint density at radius 2 is 1.42 bits per heavy atom. The smallest absolute Gasteiger partial charge is 0.326 e. The van der Waals surface area contributed by atoms with E-state index in [1.54, 1.807) is 44.2 Å². The highest BCUT2D eigenvalue weighted by molar-refractivity contribution is 5.99. The lowest BCUT2D eigenvalue weighted by molar-refractivity contribution is -0.143. The fourth-order valence-electron chi connectivity index (χ4n) is 5.35. The van der Waals surface area contributed by atoms with E-state index in [-0.39, 0.29) is 31.6 Å². The highest BCUT2D eigenvalue weighted by Crippen LogP contribution is 2.10. The zero-order valence-electron chi connectivity index (χ0n) is 28.9. The van der Waals surface area contributed by atoms with Crippen LogP contribution in [0, 0.1) is 5.92 Å². The number of hydrogen-bond donors (Lipinski definition) is 10. The van der Waals surface area contributed by atoms with Gasteiger partial charge in [-0.1, -0.05) is 44.2 Å². The lowest BCUT2D eigenvalue weighted by Gasteiger charge is -2.28. The minimum Gasteiger partial charge on any atom is -0.481 e. The van der Waals surface area contributed by atoms with E-state index < -0.39 is 102 Å². The van der Waals surface area contributed by atoms with E-state index in [2.05, 4.69) is 41.9 Å². The van der Waals surface area contributed by atoms with E-state index in [9.17, 15) is 53.4 Å². The Hall–Kier alpha value is -6.34. The molecule has 286 valence electrons. The topological polar surface area (TPSA) is 321 Å². The molecule has 53 heavy (non-hydrogen) atoms. The Balaban J connectivity index is 1.79. The first-order valence-corrected chi connectivity index (χ1v) is 16.6. The van der Waals surface area contributed by atoms with E-state index in [1.165, 1.54) is 12.5 Å². The average molecular weight is 742 g/mol. The fraction of sp³-hybridized carbons (Fsp3) is 0.455. The highest BCUT2D eigenvalue weighted by atomic mass is 16.4. The van der Waals surface area contributed by atoms with Crippen molar-refractivity contribution in [2.24, 2.45) is 11.7 Å². The Morgan fingerprint density at radius 1 is 0.811 bits per heavy atom. The second kappa shape index (κ2) is 19.3. The molecule has 2 aromatic rings. The fourth-order valence-corrected chi connectivity index (χ4v) is 5.35. The first-order valence-electron chi connectivity index (χ1n) is 16.6. The molecule has 1 aliphatic rings. The van der Waals surface area contributed by atoms with Crippen molar-refractivity contribution in [3.05, 3.63) is 54.1 Å². The van der Waals surface area contributed by atoms with Crippen molar-refractivity contribution in [3.8, 4) is 0 Å². The van der Waals surface area contributed by atoms with Crippen LogP contribution in [-0.4, -0.2) is 110 Å². The van der Waals surface area contributed by atoms with E-state index in [1.807, 2.05) is 0 Å². The van der Waals surface area contributed by atoms with Gasteiger partial charge in [-0.25, -0.2) is 9.78 Å². The second-order valence-electron chi connectivity index (χ2n) is 12.7. The number of aromatic nitrogens is 2. The maximum atomic E-state index is 13.7. The lowest BCUT2D eigenvalue weighted by Crippen LogP contribution is -2.61. The zero-order valence-corrected chi connectivity index (χ0v) is 28.9. The number of nitrogens with one attached hydrogen (secondary N) is 7. The first-order chi connectivity index (χ1) is 25.0. The van der Waals surface area contributed by atoms with Crippen LogP contribution in [0.25, 0.3) is 0 Å². The van der Waals surface area contributed by atoms with Crippen LogP contribution >= 0.6 is 0 Å². The van der Waals surface area contributed by atoms with Crippen LogP contribution in [0.2, 0.25) is 0 Å². The summed E-state index contributed by atoms with van der Waals surface area (Å²) in [5.74, 6) is -9.63. The number of carbonyl (C=O) groups excluding carboxylic acids is 7. The normalized spacial score (nSPS) is 16.5. The number of hydrogen-bond acceptors (Lipinski definition) is 10. The second-order valence-corrected chi connectivity index (χ2v) is 12.7. The van der Waals surface area contributed by atoms with Crippen LogP contribution in [-0.2, 0) is 56.0 Å². The number of carbonyl (C=O) groups is 9. The van der Waals surface area contributed by atoms with Gasteiger partial charge in [0.2, 0.25) is 41.4 Å². The third-order valence-corrected chi connectivity index (χ3v) is 8.12. The number of rotatable bonds is 20. The molecule has 1 saturated heterocycles. The van der Waals surface area contributed by atoms with Gasteiger partial charge in [-0.05, 0) is 17.9 Å². The summed E-state index contributed by atoms with van der Waals surface area (Å²) in [4.78, 5) is 120. The van der Waals surface area contributed by atoms with E-state index in [0.29, 0.717) is 11.3 Å². The van der Waals surface area contributed by atoms with Crippen molar-refractivity contribution >= 4 is 53.3 Å². The number of aliphatic carboxylic acids is 2. The molecule has 1 aliphatic heterocycles. The van der Waals surface area contributed by atoms with Crippen LogP contribution < -0.4 is 37.6 Å². The maximum Gasteiger partial charge on any atom is 0.326 e. The minimum absolute atomic E-state index is 0.0713. The Kier molecular flexibility index (Phi) is 15.0. The number of nitrogens with two attached hydrogens (primary N) is 1. The third-order valence-electron chi connectivity index (χ3n) is 8.12. The molecule has 6 atom stereocenters. The van der Waals surface area contributed by atoms with Crippen LogP contribution in [0.4, 0.5) is 0 Å². The van der Waals surface area contributed by atoms with Gasteiger partial charge >= 0.3 is 11.9 Å². The molecular formula is C33H43N9O11. The van der Waals surface area contributed by atoms with Gasteiger partial charge in [-0.15, -0.1) is 0 Å². The molecule has 1 aromatic heterocycles. The zero-order chi connectivity index (χ0) is 39.2. The number of carboxylic acids is 2. The average Bonchev–Trinajstić information content (AvgIpc) is 3.77. The highest BCUT2D eigenvalue weighted by Gasteiger charge is 2.36. The van der Waals surface area contributed by atoms with Crippen LogP contribution in [0.1, 0.15) is 50.8 Å². The number of primary amides is 1. The quantitative estimate of drug-likeness (QED) is 0.0649. The Labute approximate surface area is 302 Å². The largest absolute Gasteiger partial charge is 0.481 e. The molecule has 1 fully saturated rings. The van der Waals surface area contributed by atoms with E-state index in [0.717, 1.165) is 0 Å². The van der Waals surface area contributed by atoms with Gasteiger partial charge in [0.15, 0.2) is 0 Å². The maximum absolute atomic E-state index is 13.7. The molecule has 11 N–H and O–H groups in total. The van der Waals surface area contributed by atoms with Crippen molar-refractivity contribution in [1.29, 1.82) is 0 Å². The number of aromatic amines is 1. The summed E-state index contributed by atoms with van der Waals surface area (Å²) in [5.41, 5.74) is 6.28. The summed E-state index contributed by atoms with van der Waals surface area (Å²) < 4.78 is 0. The number of carboxylic acid groups (broad SMARTS) is 2. The minimum atomic E-state index is -1.66. The van der Waals surface area contributed by atoms with Gasteiger partial charge in [0.25, 0.3) is 0 Å². The molecule has 1 aromatic carbocycles. The van der Waals surface area contributed by atoms with Crippen LogP contribution in [0.5, 0.6) is 0 Å². The lowest BCUT2D eigenvalue weighted by atomic mass is 10.0. The standard InChI is InChI=1S/C33H43N9O11/c1-16(2)27(42-31(50)22(13-26(45)46)39-28(47)19-8-9-25(44)37-19)32(51)40-20(11-18-14-35-15-36-18)29(48)38-21(12-24(34)43)30(49)41-23(33(52)53)10-17-6-4-3-5-7-17/h3-7,14-16,19-23,27H,8-13H2,1-2H3,(H2,34,43)(H,35,36)(H,37,44)(H,38,48)(H,39,47)(H,40,51)(H,41,49)(H,42,50)(H,45,46)(H,52,53). The first kappa shape index (κ1) is 41.1. The molecule has 0 saturated carbocycles. The number of imidazole rings is 1. The SMILES string of the molecule is CC(C)C(NC(=O)C(CC(=O)O)NC(=O)C1CCC(=O)N1)C(=O)NC(Cc1cnc[nH]1)C(=O)NC(CC(N)=O)C(=O)NC(Cc1ccccc1)C(=O)O. The van der Waals surface area contributed by atoms with Crippen molar-refractivity contribution in [1.82, 2.24) is 41.9 Å². The predicted octanol–water partition coefficient (Wildman–Crippen LogP) is -3.01. The van der Waals surface area contributed by atoms with E-state index in [4.69, 9.17) is 5.73 Å².